The molecule has 0 bridgehead atoms. The molecule has 5 rings (SSSR count). The minimum absolute atomic E-state index is 1.26. The zero-order valence-electron chi connectivity index (χ0n) is 14.4. The summed E-state index contributed by atoms with van der Waals surface area (Å²) in [4.78, 5) is 0. The molecule has 0 aliphatic heterocycles. The molecule has 0 saturated carbocycles. The summed E-state index contributed by atoms with van der Waals surface area (Å²) in [5.74, 6) is 0. The van der Waals surface area contributed by atoms with E-state index in [0.29, 0.717) is 0 Å². The van der Waals surface area contributed by atoms with Crippen LogP contribution < -0.4 is 0 Å². The molecule has 0 nitrogen and oxygen atoms in total. The van der Waals surface area contributed by atoms with E-state index in [2.05, 4.69) is 109 Å². The minimum atomic E-state index is 1.26. The zero-order valence-corrected chi connectivity index (χ0v) is 14.4. The molecule has 0 N–H and O–H groups in total. The molecule has 5 aromatic carbocycles. The molecule has 0 unspecified atom stereocenters. The fourth-order valence-electron chi connectivity index (χ4n) is 3.88. The van der Waals surface area contributed by atoms with Crippen LogP contribution in [0.5, 0.6) is 0 Å². The maximum absolute atomic E-state index is 2.25. The predicted octanol–water partition coefficient (Wildman–Crippen LogP) is 7.33. The van der Waals surface area contributed by atoms with Crippen molar-refractivity contribution < 1.29 is 0 Å². The van der Waals surface area contributed by atoms with Crippen LogP contribution in [0.15, 0.2) is 109 Å². The summed E-state index contributed by atoms with van der Waals surface area (Å²) in [6.07, 6.45) is 0. The minimum Gasteiger partial charge on any atom is -0.0622 e. The van der Waals surface area contributed by atoms with Crippen LogP contribution in [0.2, 0.25) is 0 Å². The summed E-state index contributed by atoms with van der Waals surface area (Å²) in [6.45, 7) is 0. The van der Waals surface area contributed by atoms with Crippen LogP contribution in [0.25, 0.3) is 43.8 Å². The second kappa shape index (κ2) is 6.16. The maximum atomic E-state index is 2.25. The molecule has 0 aliphatic carbocycles. The fourth-order valence-corrected chi connectivity index (χ4v) is 3.88. The summed E-state index contributed by atoms with van der Waals surface area (Å²) in [5, 5.41) is 5.17. The molecular formula is C26H18. The number of hydrogen-bond donors (Lipinski definition) is 0. The van der Waals surface area contributed by atoms with E-state index in [-0.39, 0.29) is 0 Å². The first-order chi connectivity index (χ1) is 12.9. The van der Waals surface area contributed by atoms with Crippen molar-refractivity contribution in [1.82, 2.24) is 0 Å². The topological polar surface area (TPSA) is 0 Å². The molecule has 0 amide bonds. The maximum Gasteiger partial charge on any atom is -0.00266 e. The largest absolute Gasteiger partial charge is 0.0622 e. The lowest BCUT2D eigenvalue weighted by molar-refractivity contribution is 1.64. The quantitative estimate of drug-likeness (QED) is 0.318. The Bertz CT molecular complexity index is 1210. The molecule has 0 spiro atoms. The third-order valence-electron chi connectivity index (χ3n) is 5.07. The summed E-state index contributed by atoms with van der Waals surface area (Å²) in [6, 6.07) is 39.0. The predicted molar refractivity (Wildman–Crippen MR) is 112 cm³/mol. The smallest absolute Gasteiger partial charge is 0.00266 e. The van der Waals surface area contributed by atoms with Crippen LogP contribution in [0.4, 0.5) is 0 Å². The Kier molecular flexibility index (Phi) is 3.54. The third kappa shape index (κ3) is 2.39. The molecular weight excluding hydrogens is 312 g/mol. The first-order valence-electron chi connectivity index (χ1n) is 8.97. The number of benzene rings is 5. The monoisotopic (exact) mass is 330 g/mol. The van der Waals surface area contributed by atoms with E-state index in [1.807, 2.05) is 0 Å². The van der Waals surface area contributed by atoms with Gasteiger partial charge in [0.1, 0.15) is 0 Å². The molecule has 0 heteroatoms. The molecule has 0 radical (unpaired) electrons. The standard InChI is InChI=1S/C26H18/c1-2-9-20(10-3-1)23-16-7-13-21-14-8-18-25(26(21)23)24-17-6-12-19-11-4-5-15-22(19)24/h1-18H. The van der Waals surface area contributed by atoms with Crippen LogP contribution in [-0.4, -0.2) is 0 Å². The Morgan fingerprint density at radius 3 is 1.73 bits per heavy atom. The van der Waals surface area contributed by atoms with E-state index < -0.39 is 0 Å². The molecule has 0 fully saturated rings. The second-order valence-electron chi connectivity index (χ2n) is 6.60. The van der Waals surface area contributed by atoms with Crippen LogP contribution in [0.1, 0.15) is 0 Å². The van der Waals surface area contributed by atoms with E-state index in [1.54, 1.807) is 0 Å². The van der Waals surface area contributed by atoms with E-state index >= 15 is 0 Å². The SMILES string of the molecule is c1ccc(-c2cccc3cccc(-c4cccc5ccccc45)c23)cc1. The van der Waals surface area contributed by atoms with Gasteiger partial charge in [0.05, 0.1) is 0 Å². The summed E-state index contributed by atoms with van der Waals surface area (Å²) in [7, 11) is 0. The van der Waals surface area contributed by atoms with Crippen molar-refractivity contribution in [3.05, 3.63) is 109 Å². The van der Waals surface area contributed by atoms with Gasteiger partial charge in [-0.3, -0.25) is 0 Å². The van der Waals surface area contributed by atoms with Crippen LogP contribution >= 0.6 is 0 Å². The molecule has 0 aliphatic rings. The van der Waals surface area contributed by atoms with Gasteiger partial charge in [0.15, 0.2) is 0 Å². The highest BCUT2D eigenvalue weighted by Gasteiger charge is 2.11. The van der Waals surface area contributed by atoms with Crippen molar-refractivity contribution in [3.63, 3.8) is 0 Å². The van der Waals surface area contributed by atoms with Crippen LogP contribution in [-0.2, 0) is 0 Å². The molecule has 0 saturated heterocycles. The second-order valence-corrected chi connectivity index (χ2v) is 6.60. The highest BCUT2D eigenvalue weighted by Crippen LogP contribution is 2.38. The molecule has 122 valence electrons. The third-order valence-corrected chi connectivity index (χ3v) is 5.07. The molecule has 0 atom stereocenters. The lowest BCUT2D eigenvalue weighted by atomic mass is 9.89. The Morgan fingerprint density at radius 1 is 0.346 bits per heavy atom. The van der Waals surface area contributed by atoms with Gasteiger partial charge in [-0.2, -0.15) is 0 Å². The van der Waals surface area contributed by atoms with Crippen molar-refractivity contribution >= 4 is 21.5 Å². The molecule has 26 heavy (non-hydrogen) atoms. The Balaban J connectivity index is 1.90. The fraction of sp³-hybridized carbons (Fsp3) is 0. The molecule has 0 aromatic heterocycles. The highest BCUT2D eigenvalue weighted by atomic mass is 14.1. The van der Waals surface area contributed by atoms with E-state index in [0.717, 1.165) is 0 Å². The van der Waals surface area contributed by atoms with Crippen molar-refractivity contribution in [2.45, 2.75) is 0 Å². The van der Waals surface area contributed by atoms with E-state index in [1.165, 1.54) is 43.8 Å². The van der Waals surface area contributed by atoms with E-state index in [4.69, 9.17) is 0 Å². The van der Waals surface area contributed by atoms with Gasteiger partial charge in [0.25, 0.3) is 0 Å². The Labute approximate surface area is 153 Å². The Hall–Kier alpha value is -3.38. The molecule has 5 aromatic rings. The number of hydrogen-bond acceptors (Lipinski definition) is 0. The van der Waals surface area contributed by atoms with Gasteiger partial charge in [-0.15, -0.1) is 0 Å². The van der Waals surface area contributed by atoms with Crippen LogP contribution in [0, 0.1) is 0 Å². The van der Waals surface area contributed by atoms with Gasteiger partial charge >= 0.3 is 0 Å². The first-order valence-corrected chi connectivity index (χ1v) is 8.97. The number of rotatable bonds is 2. The highest BCUT2D eigenvalue weighted by molar-refractivity contribution is 6.10. The van der Waals surface area contributed by atoms with Crippen molar-refractivity contribution in [2.75, 3.05) is 0 Å². The summed E-state index contributed by atoms with van der Waals surface area (Å²) >= 11 is 0. The average molecular weight is 330 g/mol. The van der Waals surface area contributed by atoms with Gasteiger partial charge in [0.2, 0.25) is 0 Å². The summed E-state index contributed by atoms with van der Waals surface area (Å²) in [5.41, 5.74) is 5.12. The zero-order chi connectivity index (χ0) is 17.3. The average Bonchev–Trinajstić information content (AvgIpc) is 2.73. The van der Waals surface area contributed by atoms with Gasteiger partial charge in [-0.1, -0.05) is 109 Å². The van der Waals surface area contributed by atoms with Gasteiger partial charge in [-0.05, 0) is 43.8 Å². The number of fused-ring (bicyclic) bond motifs is 2. The van der Waals surface area contributed by atoms with Gasteiger partial charge < -0.3 is 0 Å². The first kappa shape index (κ1) is 14.9. The Morgan fingerprint density at radius 2 is 0.923 bits per heavy atom. The van der Waals surface area contributed by atoms with Crippen molar-refractivity contribution in [2.24, 2.45) is 0 Å². The lowest BCUT2D eigenvalue weighted by Crippen LogP contribution is -1.87. The normalized spacial score (nSPS) is 11.1. The van der Waals surface area contributed by atoms with Crippen molar-refractivity contribution in [3.8, 4) is 22.3 Å². The van der Waals surface area contributed by atoms with E-state index in [9.17, 15) is 0 Å². The van der Waals surface area contributed by atoms with Crippen molar-refractivity contribution in [1.29, 1.82) is 0 Å². The lowest BCUT2D eigenvalue weighted by Gasteiger charge is -2.14. The van der Waals surface area contributed by atoms with Gasteiger partial charge in [0, 0.05) is 0 Å². The summed E-state index contributed by atoms with van der Waals surface area (Å²) < 4.78 is 0. The van der Waals surface area contributed by atoms with Crippen LogP contribution in [0.3, 0.4) is 0 Å². The molecule has 0 heterocycles. The van der Waals surface area contributed by atoms with Gasteiger partial charge in [-0.25, -0.2) is 0 Å².